The first-order chi connectivity index (χ1) is 9.79. The number of carbonyl (C=O) groups is 1. The largest absolute Gasteiger partial charge is 0.396 e. The Balaban J connectivity index is 2.22. The van der Waals surface area contributed by atoms with Gasteiger partial charge in [0.05, 0.1) is 16.1 Å². The molecule has 2 aromatic carbocycles. The van der Waals surface area contributed by atoms with E-state index < -0.39 is 21.7 Å². The number of benzene rings is 2. The summed E-state index contributed by atoms with van der Waals surface area (Å²) in [5, 5.41) is 7.45. The highest BCUT2D eigenvalue weighted by molar-refractivity contribution is 7.89. The van der Waals surface area contributed by atoms with E-state index in [1.807, 2.05) is 0 Å². The van der Waals surface area contributed by atoms with Gasteiger partial charge in [-0.1, -0.05) is 6.07 Å². The molecule has 1 amide bonds. The third-order valence-corrected chi connectivity index (χ3v) is 3.67. The van der Waals surface area contributed by atoms with E-state index in [9.17, 15) is 17.6 Å². The summed E-state index contributed by atoms with van der Waals surface area (Å²) in [4.78, 5) is 11.9. The molecule has 0 aromatic heterocycles. The van der Waals surface area contributed by atoms with Crippen molar-refractivity contribution < 1.29 is 17.6 Å². The lowest BCUT2D eigenvalue weighted by atomic mass is 10.1. The van der Waals surface area contributed by atoms with Gasteiger partial charge in [0.15, 0.2) is 0 Å². The van der Waals surface area contributed by atoms with Crippen molar-refractivity contribution in [3.63, 3.8) is 0 Å². The summed E-state index contributed by atoms with van der Waals surface area (Å²) in [5.74, 6) is -1.29. The maximum Gasteiger partial charge on any atom is 0.257 e. The molecule has 0 fully saturated rings. The summed E-state index contributed by atoms with van der Waals surface area (Å²) in [6.07, 6.45) is 0. The fourth-order valence-electron chi connectivity index (χ4n) is 1.66. The van der Waals surface area contributed by atoms with Crippen LogP contribution in [0.5, 0.6) is 0 Å². The van der Waals surface area contributed by atoms with Crippen LogP contribution >= 0.6 is 0 Å². The molecule has 0 saturated carbocycles. The second-order valence-corrected chi connectivity index (χ2v) is 5.79. The van der Waals surface area contributed by atoms with Gasteiger partial charge in [-0.2, -0.15) is 0 Å². The fraction of sp³-hybridized carbons (Fsp3) is 0. The number of nitrogen functional groups attached to an aromatic ring is 1. The number of rotatable bonds is 3. The molecule has 0 radical (unpaired) electrons. The van der Waals surface area contributed by atoms with Crippen molar-refractivity contribution in [3.8, 4) is 0 Å². The van der Waals surface area contributed by atoms with Crippen LogP contribution in [0.4, 0.5) is 15.8 Å². The number of nitrogens with two attached hydrogens (primary N) is 2. The van der Waals surface area contributed by atoms with Crippen molar-refractivity contribution in [1.29, 1.82) is 0 Å². The van der Waals surface area contributed by atoms with Crippen LogP contribution in [0.3, 0.4) is 0 Å². The van der Waals surface area contributed by atoms with Crippen molar-refractivity contribution in [2.45, 2.75) is 4.90 Å². The first kappa shape index (κ1) is 14.9. The van der Waals surface area contributed by atoms with Crippen molar-refractivity contribution >= 4 is 27.3 Å². The van der Waals surface area contributed by atoms with Gasteiger partial charge in [0, 0.05) is 5.69 Å². The number of hydrogen-bond acceptors (Lipinski definition) is 4. The predicted molar refractivity (Wildman–Crippen MR) is 76.6 cm³/mol. The number of anilines is 2. The van der Waals surface area contributed by atoms with Crippen LogP contribution in [-0.4, -0.2) is 14.3 Å². The predicted octanol–water partition coefficient (Wildman–Crippen LogP) is 1.31. The van der Waals surface area contributed by atoms with Gasteiger partial charge in [0.2, 0.25) is 10.0 Å². The Kier molecular flexibility index (Phi) is 3.92. The number of hydrogen-bond donors (Lipinski definition) is 3. The van der Waals surface area contributed by atoms with Gasteiger partial charge in [-0.3, -0.25) is 4.79 Å². The Morgan fingerprint density at radius 3 is 2.29 bits per heavy atom. The lowest BCUT2D eigenvalue weighted by molar-refractivity contribution is 0.102. The van der Waals surface area contributed by atoms with Gasteiger partial charge in [-0.15, -0.1) is 0 Å². The third kappa shape index (κ3) is 3.36. The zero-order chi connectivity index (χ0) is 15.6. The van der Waals surface area contributed by atoms with Gasteiger partial charge >= 0.3 is 0 Å². The number of carbonyl (C=O) groups excluding carboxylic acids is 1. The number of primary sulfonamides is 1. The quantitative estimate of drug-likeness (QED) is 0.741. The smallest absolute Gasteiger partial charge is 0.257 e. The topological polar surface area (TPSA) is 115 Å². The van der Waals surface area contributed by atoms with Crippen LogP contribution in [0.1, 0.15) is 10.4 Å². The molecule has 0 unspecified atom stereocenters. The lowest BCUT2D eigenvalue weighted by Gasteiger charge is -2.08. The molecule has 8 heteroatoms. The average Bonchev–Trinajstić information content (AvgIpc) is 2.41. The molecule has 0 spiro atoms. The highest BCUT2D eigenvalue weighted by Crippen LogP contribution is 2.18. The number of sulfonamides is 1. The van der Waals surface area contributed by atoms with Crippen LogP contribution in [0.25, 0.3) is 0 Å². The number of nitrogens with one attached hydrogen (secondary N) is 1. The number of amides is 1. The summed E-state index contributed by atoms with van der Waals surface area (Å²) in [7, 11) is -3.79. The minimum atomic E-state index is -3.79. The SMILES string of the molecule is Nc1c(F)cccc1C(=O)Nc1ccc(S(N)(=O)=O)cc1. The molecule has 110 valence electrons. The average molecular weight is 309 g/mol. The standard InChI is InChI=1S/C13H12FN3O3S/c14-11-3-1-2-10(12(11)15)13(18)17-8-4-6-9(7-5-8)21(16,19)20/h1-7H,15H2,(H,17,18)(H2,16,19,20). The first-order valence-corrected chi connectivity index (χ1v) is 7.32. The third-order valence-electron chi connectivity index (χ3n) is 2.74. The summed E-state index contributed by atoms with van der Waals surface area (Å²) in [5.41, 5.74) is 5.55. The molecule has 6 nitrogen and oxygen atoms in total. The molecule has 0 saturated heterocycles. The van der Waals surface area contributed by atoms with Crippen molar-refractivity contribution in [3.05, 3.63) is 53.8 Å². The molecule has 21 heavy (non-hydrogen) atoms. The van der Waals surface area contributed by atoms with Crippen LogP contribution in [0.2, 0.25) is 0 Å². The zero-order valence-electron chi connectivity index (χ0n) is 10.7. The Morgan fingerprint density at radius 2 is 1.71 bits per heavy atom. The molecular weight excluding hydrogens is 297 g/mol. The molecule has 0 atom stereocenters. The second-order valence-electron chi connectivity index (χ2n) is 4.22. The van der Waals surface area contributed by atoms with Gasteiger partial charge in [0.25, 0.3) is 5.91 Å². The normalized spacial score (nSPS) is 11.1. The monoisotopic (exact) mass is 309 g/mol. The van der Waals surface area contributed by atoms with Gasteiger partial charge in [-0.25, -0.2) is 17.9 Å². The molecule has 0 aliphatic rings. The summed E-state index contributed by atoms with van der Waals surface area (Å²) < 4.78 is 35.5. The zero-order valence-corrected chi connectivity index (χ0v) is 11.5. The van der Waals surface area contributed by atoms with E-state index in [1.165, 1.54) is 36.4 Å². The van der Waals surface area contributed by atoms with E-state index in [0.29, 0.717) is 5.69 Å². The number of para-hydroxylation sites is 1. The maximum atomic E-state index is 13.3. The van der Waals surface area contributed by atoms with E-state index in [-0.39, 0.29) is 16.1 Å². The van der Waals surface area contributed by atoms with E-state index in [2.05, 4.69) is 5.32 Å². The van der Waals surface area contributed by atoms with Crippen molar-refractivity contribution in [1.82, 2.24) is 0 Å². The molecule has 0 bridgehead atoms. The van der Waals surface area contributed by atoms with Crippen molar-refractivity contribution in [2.75, 3.05) is 11.1 Å². The van der Waals surface area contributed by atoms with Crippen LogP contribution in [0, 0.1) is 5.82 Å². The summed E-state index contributed by atoms with van der Waals surface area (Å²) >= 11 is 0. The molecule has 2 aromatic rings. The highest BCUT2D eigenvalue weighted by Gasteiger charge is 2.13. The maximum absolute atomic E-state index is 13.3. The number of halogens is 1. The minimum absolute atomic E-state index is 0.00878. The molecule has 0 aliphatic carbocycles. The Bertz CT molecular complexity index is 789. The minimum Gasteiger partial charge on any atom is -0.396 e. The Hall–Kier alpha value is -2.45. The van der Waals surface area contributed by atoms with E-state index in [0.717, 1.165) is 6.07 Å². The van der Waals surface area contributed by atoms with Gasteiger partial charge < -0.3 is 11.1 Å². The van der Waals surface area contributed by atoms with E-state index in [4.69, 9.17) is 10.9 Å². The molecule has 0 aliphatic heterocycles. The Morgan fingerprint density at radius 1 is 1.10 bits per heavy atom. The van der Waals surface area contributed by atoms with Crippen LogP contribution < -0.4 is 16.2 Å². The highest BCUT2D eigenvalue weighted by atomic mass is 32.2. The molecular formula is C13H12FN3O3S. The molecule has 0 heterocycles. The van der Waals surface area contributed by atoms with Gasteiger partial charge in [-0.05, 0) is 36.4 Å². The Labute approximate surface area is 120 Å². The van der Waals surface area contributed by atoms with Gasteiger partial charge in [0.1, 0.15) is 5.82 Å². The van der Waals surface area contributed by atoms with E-state index in [1.54, 1.807) is 0 Å². The van der Waals surface area contributed by atoms with Crippen LogP contribution in [0.15, 0.2) is 47.4 Å². The van der Waals surface area contributed by atoms with E-state index >= 15 is 0 Å². The lowest BCUT2D eigenvalue weighted by Crippen LogP contribution is -2.15. The second kappa shape index (κ2) is 5.51. The summed E-state index contributed by atoms with van der Waals surface area (Å²) in [6, 6.07) is 9.13. The summed E-state index contributed by atoms with van der Waals surface area (Å²) in [6.45, 7) is 0. The van der Waals surface area contributed by atoms with Crippen LogP contribution in [-0.2, 0) is 10.0 Å². The molecule has 2 rings (SSSR count). The fourth-order valence-corrected chi connectivity index (χ4v) is 2.18. The van der Waals surface area contributed by atoms with Crippen molar-refractivity contribution in [2.24, 2.45) is 5.14 Å². The first-order valence-electron chi connectivity index (χ1n) is 5.77. The molecule has 5 N–H and O–H groups in total.